The summed E-state index contributed by atoms with van der Waals surface area (Å²) in [5.74, 6) is -0.368. The number of benzene rings is 2. The van der Waals surface area contributed by atoms with Crippen molar-refractivity contribution in [2.24, 2.45) is 5.92 Å². The van der Waals surface area contributed by atoms with Crippen LogP contribution in [0, 0.1) is 5.92 Å². The average molecular weight is 419 g/mol. The summed E-state index contributed by atoms with van der Waals surface area (Å²) in [7, 11) is 0. The van der Waals surface area contributed by atoms with Gasteiger partial charge in [-0.15, -0.1) is 5.10 Å². The number of carbonyl (C=O) groups is 1. The Balaban J connectivity index is 1.74. The number of aromatic nitrogens is 5. The van der Waals surface area contributed by atoms with E-state index < -0.39 is 11.9 Å². The molecule has 4 rings (SSSR count). The van der Waals surface area contributed by atoms with Crippen LogP contribution < -0.4 is 10.3 Å². The van der Waals surface area contributed by atoms with Crippen molar-refractivity contribution in [1.29, 1.82) is 0 Å². The Morgan fingerprint density at radius 2 is 2.00 bits per heavy atom. The molecule has 3 N–H and O–H groups in total. The van der Waals surface area contributed by atoms with Gasteiger partial charge in [-0.2, -0.15) is 0 Å². The first-order valence-electron chi connectivity index (χ1n) is 9.86. The van der Waals surface area contributed by atoms with E-state index in [1.807, 2.05) is 49.4 Å². The maximum absolute atomic E-state index is 12.3. The third-order valence-electron chi connectivity index (χ3n) is 4.96. The standard InChI is InChI=1S/C22H21N5O4/c1-3-31-17-11-15(14-6-4-5-13(10-14)9-12(2)22(29)30)7-8-16(17)19-23-20-18(21(28)24-19)25-27-26-20/h4-8,10-12H,3,9H2,1-2H3,(H,29,30)(H2,23,24,25,26,27,28)/t12-/m1/s1. The van der Waals surface area contributed by atoms with E-state index in [4.69, 9.17) is 4.74 Å². The van der Waals surface area contributed by atoms with Crippen molar-refractivity contribution in [3.63, 3.8) is 0 Å². The normalized spacial score (nSPS) is 12.1. The van der Waals surface area contributed by atoms with E-state index in [9.17, 15) is 14.7 Å². The summed E-state index contributed by atoms with van der Waals surface area (Å²) in [5, 5.41) is 19.1. The molecular formula is C22H21N5O4. The molecule has 158 valence electrons. The molecule has 0 aliphatic heterocycles. The van der Waals surface area contributed by atoms with Crippen LogP contribution in [0.15, 0.2) is 47.3 Å². The molecule has 31 heavy (non-hydrogen) atoms. The topological polar surface area (TPSA) is 134 Å². The van der Waals surface area contributed by atoms with Crippen LogP contribution in [0.3, 0.4) is 0 Å². The number of carboxylic acids is 1. The van der Waals surface area contributed by atoms with E-state index in [1.54, 1.807) is 6.92 Å². The van der Waals surface area contributed by atoms with Crippen LogP contribution in [0.4, 0.5) is 0 Å². The number of carboxylic acid groups (broad SMARTS) is 1. The molecule has 0 aliphatic carbocycles. The highest BCUT2D eigenvalue weighted by Crippen LogP contribution is 2.33. The molecule has 0 fully saturated rings. The number of nitrogens with one attached hydrogen (secondary N) is 2. The van der Waals surface area contributed by atoms with Crippen LogP contribution in [0.2, 0.25) is 0 Å². The third kappa shape index (κ3) is 4.16. The van der Waals surface area contributed by atoms with Crippen molar-refractivity contribution in [1.82, 2.24) is 25.4 Å². The minimum Gasteiger partial charge on any atom is -0.493 e. The number of hydrogen-bond donors (Lipinski definition) is 3. The van der Waals surface area contributed by atoms with Gasteiger partial charge in [0.15, 0.2) is 11.2 Å². The van der Waals surface area contributed by atoms with Crippen LogP contribution in [-0.2, 0) is 11.2 Å². The highest BCUT2D eigenvalue weighted by atomic mass is 16.5. The molecule has 0 unspecified atom stereocenters. The smallest absolute Gasteiger partial charge is 0.306 e. The lowest BCUT2D eigenvalue weighted by Crippen LogP contribution is -2.12. The molecule has 0 bridgehead atoms. The van der Waals surface area contributed by atoms with Crippen molar-refractivity contribution < 1.29 is 14.6 Å². The zero-order valence-corrected chi connectivity index (χ0v) is 17.0. The number of rotatable bonds is 7. The van der Waals surface area contributed by atoms with Gasteiger partial charge in [-0.1, -0.05) is 42.5 Å². The zero-order chi connectivity index (χ0) is 22.0. The van der Waals surface area contributed by atoms with Crippen molar-refractivity contribution in [2.45, 2.75) is 20.3 Å². The largest absolute Gasteiger partial charge is 0.493 e. The molecule has 2 aromatic carbocycles. The molecule has 0 amide bonds. The van der Waals surface area contributed by atoms with E-state index in [1.165, 1.54) is 0 Å². The Kier molecular flexibility index (Phi) is 5.48. The molecule has 1 atom stereocenters. The number of aliphatic carboxylic acids is 1. The van der Waals surface area contributed by atoms with Crippen molar-refractivity contribution in [3.8, 4) is 28.3 Å². The molecule has 0 aliphatic rings. The predicted octanol–water partition coefficient (Wildman–Crippen LogP) is 3.04. The predicted molar refractivity (Wildman–Crippen MR) is 115 cm³/mol. The number of aromatic amines is 2. The van der Waals surface area contributed by atoms with Crippen LogP contribution >= 0.6 is 0 Å². The maximum Gasteiger partial charge on any atom is 0.306 e. The molecule has 0 saturated carbocycles. The minimum absolute atomic E-state index is 0.144. The van der Waals surface area contributed by atoms with E-state index in [-0.39, 0.29) is 11.1 Å². The second-order valence-corrected chi connectivity index (χ2v) is 7.21. The summed E-state index contributed by atoms with van der Waals surface area (Å²) in [6, 6.07) is 13.4. The zero-order valence-electron chi connectivity index (χ0n) is 17.0. The van der Waals surface area contributed by atoms with Gasteiger partial charge in [0, 0.05) is 0 Å². The van der Waals surface area contributed by atoms with Gasteiger partial charge in [0.05, 0.1) is 18.1 Å². The molecule has 4 aromatic rings. The fourth-order valence-corrected chi connectivity index (χ4v) is 3.38. The summed E-state index contributed by atoms with van der Waals surface area (Å²) in [4.78, 5) is 30.6. The molecule has 2 heterocycles. The number of ether oxygens (including phenoxy) is 1. The van der Waals surface area contributed by atoms with Crippen molar-refractivity contribution >= 4 is 17.1 Å². The van der Waals surface area contributed by atoms with Gasteiger partial charge in [-0.3, -0.25) is 9.59 Å². The summed E-state index contributed by atoms with van der Waals surface area (Å²) >= 11 is 0. The molecular weight excluding hydrogens is 398 g/mol. The highest BCUT2D eigenvalue weighted by molar-refractivity contribution is 5.77. The lowest BCUT2D eigenvalue weighted by molar-refractivity contribution is -0.141. The molecule has 9 nitrogen and oxygen atoms in total. The van der Waals surface area contributed by atoms with Gasteiger partial charge in [-0.25, -0.2) is 10.1 Å². The van der Waals surface area contributed by atoms with Crippen LogP contribution in [0.5, 0.6) is 5.75 Å². The molecule has 0 radical (unpaired) electrons. The Hall–Kier alpha value is -4.01. The number of H-pyrrole nitrogens is 2. The lowest BCUT2D eigenvalue weighted by atomic mass is 9.96. The Labute approximate surface area is 177 Å². The molecule has 2 aromatic heterocycles. The maximum atomic E-state index is 12.3. The monoisotopic (exact) mass is 419 g/mol. The van der Waals surface area contributed by atoms with Crippen molar-refractivity contribution in [3.05, 3.63) is 58.4 Å². The first kappa shape index (κ1) is 20.3. The lowest BCUT2D eigenvalue weighted by Gasteiger charge is -2.13. The first-order chi connectivity index (χ1) is 15.0. The van der Waals surface area contributed by atoms with E-state index in [0.29, 0.717) is 35.8 Å². The Morgan fingerprint density at radius 1 is 1.19 bits per heavy atom. The Morgan fingerprint density at radius 3 is 2.77 bits per heavy atom. The van der Waals surface area contributed by atoms with E-state index >= 15 is 0 Å². The summed E-state index contributed by atoms with van der Waals surface area (Å²) in [6.45, 7) is 4.00. The number of hydrogen-bond acceptors (Lipinski definition) is 6. The summed E-state index contributed by atoms with van der Waals surface area (Å²) in [5.41, 5.74) is 3.48. The van der Waals surface area contributed by atoms with Gasteiger partial charge in [-0.05, 0) is 42.2 Å². The van der Waals surface area contributed by atoms with Gasteiger partial charge < -0.3 is 14.8 Å². The highest BCUT2D eigenvalue weighted by Gasteiger charge is 2.15. The van der Waals surface area contributed by atoms with Crippen LogP contribution in [0.1, 0.15) is 19.4 Å². The quantitative estimate of drug-likeness (QED) is 0.419. The van der Waals surface area contributed by atoms with Gasteiger partial charge >= 0.3 is 5.97 Å². The van der Waals surface area contributed by atoms with Crippen LogP contribution in [-0.4, -0.2) is 43.1 Å². The fraction of sp³-hybridized carbons (Fsp3) is 0.227. The summed E-state index contributed by atoms with van der Waals surface area (Å²) < 4.78 is 5.83. The molecule has 9 heteroatoms. The van der Waals surface area contributed by atoms with Gasteiger partial charge in [0.2, 0.25) is 0 Å². The number of nitrogens with zero attached hydrogens (tertiary/aromatic N) is 3. The van der Waals surface area contributed by atoms with Gasteiger partial charge in [0.1, 0.15) is 11.6 Å². The molecule has 0 spiro atoms. The number of fused-ring (bicyclic) bond motifs is 1. The second kappa shape index (κ2) is 8.39. The second-order valence-electron chi connectivity index (χ2n) is 7.21. The summed E-state index contributed by atoms with van der Waals surface area (Å²) in [6.07, 6.45) is 0.447. The minimum atomic E-state index is -0.820. The third-order valence-corrected chi connectivity index (χ3v) is 4.96. The average Bonchev–Trinajstić information content (AvgIpc) is 3.23. The molecule has 0 saturated heterocycles. The van der Waals surface area contributed by atoms with E-state index in [2.05, 4.69) is 25.4 Å². The van der Waals surface area contributed by atoms with Crippen molar-refractivity contribution in [2.75, 3.05) is 6.61 Å². The van der Waals surface area contributed by atoms with E-state index in [0.717, 1.165) is 16.7 Å². The van der Waals surface area contributed by atoms with Gasteiger partial charge in [0.25, 0.3) is 5.56 Å². The fourth-order valence-electron chi connectivity index (χ4n) is 3.38. The first-order valence-corrected chi connectivity index (χ1v) is 9.86. The Bertz CT molecular complexity index is 1310. The SMILES string of the molecule is CCOc1cc(-c2cccc(C[C@@H](C)C(=O)O)c2)ccc1-c1nc2[nH]nnc2c(=O)[nH]1. The van der Waals surface area contributed by atoms with Crippen LogP contribution in [0.25, 0.3) is 33.7 Å².